The smallest absolute Gasteiger partial charge is 0.312 e. The summed E-state index contributed by atoms with van der Waals surface area (Å²) in [6.07, 6.45) is 1.68. The van der Waals surface area contributed by atoms with E-state index in [1.165, 1.54) is 0 Å². The average Bonchev–Trinajstić information content (AvgIpc) is 2.18. The fourth-order valence-corrected chi connectivity index (χ4v) is 1.08. The number of primary amides is 1. The quantitative estimate of drug-likeness (QED) is 0.526. The standard InChI is InChI=1S/C9H15N5O/c1-6-2-3-12-8(7(6)10)13-4-5-14-9(11)15/h2-3H,4-5,10H2,1H3,(H,12,13)(H3,11,14,15). The zero-order valence-corrected chi connectivity index (χ0v) is 8.58. The number of nitrogens with one attached hydrogen (secondary N) is 2. The lowest BCUT2D eigenvalue weighted by atomic mass is 10.2. The molecule has 0 aliphatic rings. The second kappa shape index (κ2) is 5.04. The lowest BCUT2D eigenvalue weighted by molar-refractivity contribution is 0.249. The maximum Gasteiger partial charge on any atom is 0.312 e. The van der Waals surface area contributed by atoms with Crippen LogP contribution >= 0.6 is 0 Å². The lowest BCUT2D eigenvalue weighted by Gasteiger charge is -2.09. The molecule has 0 atom stereocenters. The van der Waals surface area contributed by atoms with Gasteiger partial charge in [-0.05, 0) is 18.6 Å². The molecular formula is C9H15N5O. The second-order valence-electron chi connectivity index (χ2n) is 3.11. The third kappa shape index (κ3) is 3.34. The van der Waals surface area contributed by atoms with Gasteiger partial charge in [-0.3, -0.25) is 0 Å². The van der Waals surface area contributed by atoms with Gasteiger partial charge in [-0.2, -0.15) is 0 Å². The number of pyridine rings is 1. The molecule has 0 aromatic carbocycles. The summed E-state index contributed by atoms with van der Waals surface area (Å²) in [6.45, 7) is 2.87. The molecule has 15 heavy (non-hydrogen) atoms. The highest BCUT2D eigenvalue weighted by atomic mass is 16.2. The molecule has 0 spiro atoms. The molecule has 0 radical (unpaired) electrons. The van der Waals surface area contributed by atoms with Crippen LogP contribution in [-0.2, 0) is 0 Å². The van der Waals surface area contributed by atoms with Crippen molar-refractivity contribution in [1.29, 1.82) is 0 Å². The van der Waals surface area contributed by atoms with Crippen LogP contribution < -0.4 is 22.1 Å². The van der Waals surface area contributed by atoms with Crippen molar-refractivity contribution in [3.63, 3.8) is 0 Å². The molecule has 0 unspecified atom stereocenters. The zero-order chi connectivity index (χ0) is 11.3. The first-order chi connectivity index (χ1) is 7.11. The van der Waals surface area contributed by atoms with Gasteiger partial charge in [0, 0.05) is 19.3 Å². The first-order valence-corrected chi connectivity index (χ1v) is 4.59. The molecule has 82 valence electrons. The Morgan fingerprint density at radius 1 is 1.53 bits per heavy atom. The molecule has 6 N–H and O–H groups in total. The summed E-state index contributed by atoms with van der Waals surface area (Å²) in [4.78, 5) is 14.5. The zero-order valence-electron chi connectivity index (χ0n) is 8.58. The Balaban J connectivity index is 2.44. The number of carbonyl (C=O) groups is 1. The van der Waals surface area contributed by atoms with E-state index < -0.39 is 6.03 Å². The molecule has 0 saturated carbocycles. The number of urea groups is 1. The van der Waals surface area contributed by atoms with Crippen molar-refractivity contribution in [1.82, 2.24) is 10.3 Å². The minimum Gasteiger partial charge on any atom is -0.396 e. The Morgan fingerprint density at radius 3 is 2.93 bits per heavy atom. The lowest BCUT2D eigenvalue weighted by Crippen LogP contribution is -2.33. The molecule has 0 bridgehead atoms. The van der Waals surface area contributed by atoms with Crippen LogP contribution in [0, 0.1) is 6.92 Å². The van der Waals surface area contributed by atoms with Crippen LogP contribution in [0.2, 0.25) is 0 Å². The molecular weight excluding hydrogens is 194 g/mol. The largest absolute Gasteiger partial charge is 0.396 e. The number of hydrogen-bond acceptors (Lipinski definition) is 4. The Morgan fingerprint density at radius 2 is 2.27 bits per heavy atom. The molecule has 0 aliphatic heterocycles. The van der Waals surface area contributed by atoms with E-state index in [0.29, 0.717) is 24.6 Å². The number of amides is 2. The van der Waals surface area contributed by atoms with Crippen LogP contribution in [0.5, 0.6) is 0 Å². The summed E-state index contributed by atoms with van der Waals surface area (Å²) >= 11 is 0. The van der Waals surface area contributed by atoms with E-state index in [9.17, 15) is 4.79 Å². The molecule has 6 nitrogen and oxygen atoms in total. The van der Waals surface area contributed by atoms with E-state index in [-0.39, 0.29) is 0 Å². The molecule has 1 aromatic heterocycles. The average molecular weight is 209 g/mol. The Labute approximate surface area is 88.1 Å². The number of rotatable bonds is 4. The summed E-state index contributed by atoms with van der Waals surface area (Å²) in [5.74, 6) is 0.626. The minimum absolute atomic E-state index is 0.435. The number of nitrogens with zero attached hydrogens (tertiary/aromatic N) is 1. The minimum atomic E-state index is -0.540. The summed E-state index contributed by atoms with van der Waals surface area (Å²) in [6, 6.07) is 1.30. The van der Waals surface area contributed by atoms with Gasteiger partial charge in [0.1, 0.15) is 5.82 Å². The van der Waals surface area contributed by atoms with Crippen LogP contribution in [0.1, 0.15) is 5.56 Å². The van der Waals surface area contributed by atoms with Gasteiger partial charge in [0.05, 0.1) is 5.69 Å². The van der Waals surface area contributed by atoms with Crippen molar-refractivity contribution >= 4 is 17.5 Å². The van der Waals surface area contributed by atoms with Crippen LogP contribution in [0.3, 0.4) is 0 Å². The van der Waals surface area contributed by atoms with E-state index in [1.54, 1.807) is 6.20 Å². The molecule has 0 fully saturated rings. The van der Waals surface area contributed by atoms with Crippen LogP contribution in [0.15, 0.2) is 12.3 Å². The number of nitrogens with two attached hydrogens (primary N) is 2. The van der Waals surface area contributed by atoms with Gasteiger partial charge in [0.2, 0.25) is 0 Å². The van der Waals surface area contributed by atoms with Crippen LogP contribution in [0.25, 0.3) is 0 Å². The number of anilines is 2. The Bertz CT molecular complexity index is 352. The second-order valence-corrected chi connectivity index (χ2v) is 3.11. The third-order valence-corrected chi connectivity index (χ3v) is 1.92. The number of aryl methyl sites for hydroxylation is 1. The SMILES string of the molecule is Cc1ccnc(NCCNC(N)=O)c1N. The van der Waals surface area contributed by atoms with E-state index >= 15 is 0 Å². The summed E-state index contributed by atoms with van der Waals surface area (Å²) < 4.78 is 0. The van der Waals surface area contributed by atoms with Crippen molar-refractivity contribution in [3.05, 3.63) is 17.8 Å². The normalized spacial score (nSPS) is 9.67. The van der Waals surface area contributed by atoms with E-state index in [4.69, 9.17) is 11.5 Å². The number of hydrogen-bond donors (Lipinski definition) is 4. The van der Waals surface area contributed by atoms with Crippen LogP contribution in [-0.4, -0.2) is 24.1 Å². The van der Waals surface area contributed by atoms with Gasteiger partial charge < -0.3 is 22.1 Å². The van der Waals surface area contributed by atoms with Crippen molar-refractivity contribution in [2.45, 2.75) is 6.92 Å². The molecule has 0 aliphatic carbocycles. The molecule has 1 rings (SSSR count). The van der Waals surface area contributed by atoms with Crippen molar-refractivity contribution < 1.29 is 4.79 Å². The van der Waals surface area contributed by atoms with Gasteiger partial charge in [-0.15, -0.1) is 0 Å². The van der Waals surface area contributed by atoms with E-state index in [0.717, 1.165) is 5.56 Å². The van der Waals surface area contributed by atoms with Gasteiger partial charge in [-0.25, -0.2) is 9.78 Å². The van der Waals surface area contributed by atoms with Gasteiger partial charge in [-0.1, -0.05) is 0 Å². The summed E-state index contributed by atoms with van der Waals surface area (Å²) in [5.41, 5.74) is 12.3. The molecule has 0 saturated heterocycles. The predicted octanol–water partition coefficient (Wildman–Crippen LogP) is 0.0524. The highest BCUT2D eigenvalue weighted by molar-refractivity contribution is 5.71. The monoisotopic (exact) mass is 209 g/mol. The van der Waals surface area contributed by atoms with E-state index in [2.05, 4.69) is 15.6 Å². The predicted molar refractivity (Wildman–Crippen MR) is 59.5 cm³/mol. The summed E-state index contributed by atoms with van der Waals surface area (Å²) in [7, 11) is 0. The number of nitrogen functional groups attached to an aromatic ring is 1. The molecule has 1 heterocycles. The Hall–Kier alpha value is -1.98. The fourth-order valence-electron chi connectivity index (χ4n) is 1.08. The third-order valence-electron chi connectivity index (χ3n) is 1.92. The maximum absolute atomic E-state index is 10.4. The topological polar surface area (TPSA) is 106 Å². The Kier molecular flexibility index (Phi) is 3.73. The fraction of sp³-hybridized carbons (Fsp3) is 0.333. The molecule has 2 amide bonds. The highest BCUT2D eigenvalue weighted by Crippen LogP contribution is 2.17. The highest BCUT2D eigenvalue weighted by Gasteiger charge is 2.01. The van der Waals surface area contributed by atoms with Gasteiger partial charge >= 0.3 is 6.03 Å². The van der Waals surface area contributed by atoms with Crippen molar-refractivity contribution in [2.75, 3.05) is 24.1 Å². The molecule has 6 heteroatoms. The van der Waals surface area contributed by atoms with Crippen LogP contribution in [0.4, 0.5) is 16.3 Å². The molecule has 1 aromatic rings. The first-order valence-electron chi connectivity index (χ1n) is 4.59. The first kappa shape index (κ1) is 11.1. The summed E-state index contributed by atoms with van der Waals surface area (Å²) in [5, 5.41) is 5.46. The van der Waals surface area contributed by atoms with E-state index in [1.807, 2.05) is 13.0 Å². The van der Waals surface area contributed by atoms with Gasteiger partial charge in [0.25, 0.3) is 0 Å². The van der Waals surface area contributed by atoms with Crippen molar-refractivity contribution in [2.24, 2.45) is 5.73 Å². The van der Waals surface area contributed by atoms with Gasteiger partial charge in [0.15, 0.2) is 0 Å². The number of carbonyl (C=O) groups excluding carboxylic acids is 1. The van der Waals surface area contributed by atoms with Crippen molar-refractivity contribution in [3.8, 4) is 0 Å². The maximum atomic E-state index is 10.4. The number of aromatic nitrogens is 1.